The van der Waals surface area contributed by atoms with E-state index in [4.69, 9.17) is 0 Å². The molecule has 0 aromatic carbocycles. The van der Waals surface area contributed by atoms with Crippen LogP contribution in [-0.4, -0.2) is 49.1 Å². The maximum atomic E-state index is 12.7. The Hall–Kier alpha value is -1.18. The number of piperidine rings is 1. The molecule has 1 saturated heterocycles. The van der Waals surface area contributed by atoms with Gasteiger partial charge in [-0.2, -0.15) is 4.31 Å². The minimum absolute atomic E-state index is 0.0257. The molecule has 1 aliphatic heterocycles. The van der Waals surface area contributed by atoms with E-state index in [1.807, 2.05) is 6.92 Å². The van der Waals surface area contributed by atoms with E-state index in [1.165, 1.54) is 10.5 Å². The van der Waals surface area contributed by atoms with Gasteiger partial charge in [-0.3, -0.25) is 4.98 Å². The fraction of sp³-hybridized carbons (Fsp3) is 0.615. The molecule has 0 aliphatic carbocycles. The lowest BCUT2D eigenvalue weighted by molar-refractivity contribution is 0.165. The zero-order valence-electron chi connectivity index (χ0n) is 11.6. The minimum atomic E-state index is -3.56. The Bertz CT molecular complexity index is 548. The molecule has 7 heteroatoms. The summed E-state index contributed by atoms with van der Waals surface area (Å²) in [5.41, 5.74) is 0.577. The molecule has 20 heavy (non-hydrogen) atoms. The number of hydrogen-bond donors (Lipinski definition) is 2. The quantitative estimate of drug-likeness (QED) is 0.844. The fourth-order valence-electron chi connectivity index (χ4n) is 2.46. The second-order valence-electron chi connectivity index (χ2n) is 4.96. The van der Waals surface area contributed by atoms with Crippen LogP contribution in [0.15, 0.2) is 23.4 Å². The second kappa shape index (κ2) is 6.51. The predicted molar refractivity (Wildman–Crippen MR) is 77.0 cm³/mol. The summed E-state index contributed by atoms with van der Waals surface area (Å²) < 4.78 is 26.9. The van der Waals surface area contributed by atoms with Crippen molar-refractivity contribution < 1.29 is 13.5 Å². The highest BCUT2D eigenvalue weighted by molar-refractivity contribution is 7.89. The first-order chi connectivity index (χ1) is 9.59. The molecule has 1 atom stereocenters. The van der Waals surface area contributed by atoms with Gasteiger partial charge in [0.25, 0.3) is 0 Å². The van der Waals surface area contributed by atoms with E-state index in [2.05, 4.69) is 10.3 Å². The maximum absolute atomic E-state index is 12.7. The van der Waals surface area contributed by atoms with Crippen molar-refractivity contribution in [2.45, 2.75) is 24.7 Å². The summed E-state index contributed by atoms with van der Waals surface area (Å²) in [6, 6.07) is 1.67. The number of pyridine rings is 1. The SMILES string of the molecule is CCNc1ccncc1S(=O)(=O)N1CCCC(CO)C1. The number of anilines is 1. The van der Waals surface area contributed by atoms with Crippen LogP contribution in [0, 0.1) is 5.92 Å². The summed E-state index contributed by atoms with van der Waals surface area (Å²) in [6.07, 6.45) is 4.61. The van der Waals surface area contributed by atoms with Crippen LogP contribution in [0.2, 0.25) is 0 Å². The number of sulfonamides is 1. The largest absolute Gasteiger partial charge is 0.396 e. The maximum Gasteiger partial charge on any atom is 0.246 e. The smallest absolute Gasteiger partial charge is 0.246 e. The topological polar surface area (TPSA) is 82.5 Å². The van der Waals surface area contributed by atoms with Gasteiger partial charge in [0, 0.05) is 38.6 Å². The summed E-state index contributed by atoms with van der Waals surface area (Å²) in [5.74, 6) is 0.0257. The number of nitrogens with one attached hydrogen (secondary N) is 1. The van der Waals surface area contributed by atoms with Crippen molar-refractivity contribution >= 4 is 15.7 Å². The molecule has 1 unspecified atom stereocenters. The van der Waals surface area contributed by atoms with Crippen molar-refractivity contribution in [1.82, 2.24) is 9.29 Å². The summed E-state index contributed by atoms with van der Waals surface area (Å²) in [5, 5.41) is 12.3. The van der Waals surface area contributed by atoms with E-state index < -0.39 is 10.0 Å². The van der Waals surface area contributed by atoms with Crippen molar-refractivity contribution in [2.75, 3.05) is 31.6 Å². The molecule has 0 saturated carbocycles. The molecular weight excluding hydrogens is 278 g/mol. The van der Waals surface area contributed by atoms with Crippen LogP contribution >= 0.6 is 0 Å². The molecular formula is C13H21N3O3S. The lowest BCUT2D eigenvalue weighted by Crippen LogP contribution is -2.41. The third kappa shape index (κ3) is 3.11. The van der Waals surface area contributed by atoms with E-state index in [1.54, 1.807) is 12.3 Å². The van der Waals surface area contributed by atoms with Gasteiger partial charge in [-0.25, -0.2) is 8.42 Å². The van der Waals surface area contributed by atoms with Crippen LogP contribution < -0.4 is 5.32 Å². The Morgan fingerprint density at radius 1 is 1.55 bits per heavy atom. The summed E-state index contributed by atoms with van der Waals surface area (Å²) in [4.78, 5) is 4.14. The third-order valence-corrected chi connectivity index (χ3v) is 5.40. The molecule has 1 aromatic rings. The Balaban J connectivity index is 2.30. The van der Waals surface area contributed by atoms with E-state index >= 15 is 0 Å². The van der Waals surface area contributed by atoms with E-state index in [-0.39, 0.29) is 17.4 Å². The lowest BCUT2D eigenvalue weighted by Gasteiger charge is -2.31. The Kier molecular flexibility index (Phi) is 4.95. The molecule has 0 radical (unpaired) electrons. The number of aromatic nitrogens is 1. The van der Waals surface area contributed by atoms with E-state index in [0.717, 1.165) is 12.8 Å². The average molecular weight is 299 g/mol. The molecule has 1 aromatic heterocycles. The molecule has 2 N–H and O–H groups in total. The van der Waals surface area contributed by atoms with Crippen molar-refractivity contribution in [1.29, 1.82) is 0 Å². The first-order valence-electron chi connectivity index (χ1n) is 6.88. The lowest BCUT2D eigenvalue weighted by atomic mass is 10.0. The van der Waals surface area contributed by atoms with Crippen molar-refractivity contribution in [3.05, 3.63) is 18.5 Å². The fourth-order valence-corrected chi connectivity index (χ4v) is 4.12. The zero-order valence-corrected chi connectivity index (χ0v) is 12.4. The third-order valence-electron chi connectivity index (χ3n) is 3.51. The van der Waals surface area contributed by atoms with E-state index in [9.17, 15) is 13.5 Å². The molecule has 0 bridgehead atoms. The molecule has 1 fully saturated rings. The van der Waals surface area contributed by atoms with Crippen LogP contribution in [0.25, 0.3) is 0 Å². The zero-order chi connectivity index (χ0) is 14.6. The number of hydrogen-bond acceptors (Lipinski definition) is 5. The molecule has 0 spiro atoms. The highest BCUT2D eigenvalue weighted by atomic mass is 32.2. The second-order valence-corrected chi connectivity index (χ2v) is 6.86. The first kappa shape index (κ1) is 15.2. The van der Waals surface area contributed by atoms with Gasteiger partial charge in [-0.15, -0.1) is 0 Å². The van der Waals surface area contributed by atoms with Gasteiger partial charge in [0.05, 0.1) is 5.69 Å². The molecule has 2 heterocycles. The highest BCUT2D eigenvalue weighted by Gasteiger charge is 2.31. The standard InChI is InChI=1S/C13H21N3O3S/c1-2-15-12-5-6-14-8-13(12)20(18,19)16-7-3-4-11(9-16)10-17/h5-6,8,11,17H,2-4,7,9-10H2,1H3,(H,14,15). The minimum Gasteiger partial charge on any atom is -0.396 e. The number of aliphatic hydroxyl groups is 1. The Morgan fingerprint density at radius 2 is 2.35 bits per heavy atom. The Labute approximate surface area is 119 Å². The summed E-state index contributed by atoms with van der Waals surface area (Å²) in [7, 11) is -3.56. The molecule has 0 amide bonds. The van der Waals surface area contributed by atoms with Gasteiger partial charge < -0.3 is 10.4 Å². The van der Waals surface area contributed by atoms with Gasteiger partial charge in [-0.1, -0.05) is 0 Å². The molecule has 1 aliphatic rings. The van der Waals surface area contributed by atoms with Crippen molar-refractivity contribution in [3.63, 3.8) is 0 Å². The van der Waals surface area contributed by atoms with E-state index in [0.29, 0.717) is 25.3 Å². The normalized spacial score (nSPS) is 20.8. The average Bonchev–Trinajstić information content (AvgIpc) is 2.48. The van der Waals surface area contributed by atoms with Crippen molar-refractivity contribution in [3.8, 4) is 0 Å². The van der Waals surface area contributed by atoms with Gasteiger partial charge in [0.2, 0.25) is 10.0 Å². The summed E-state index contributed by atoms with van der Waals surface area (Å²) >= 11 is 0. The Morgan fingerprint density at radius 3 is 3.05 bits per heavy atom. The first-order valence-corrected chi connectivity index (χ1v) is 8.32. The molecule has 112 valence electrons. The van der Waals surface area contributed by atoms with Crippen LogP contribution in [0.3, 0.4) is 0 Å². The van der Waals surface area contributed by atoms with Crippen LogP contribution in [0.1, 0.15) is 19.8 Å². The van der Waals surface area contributed by atoms with Crippen molar-refractivity contribution in [2.24, 2.45) is 5.92 Å². The van der Waals surface area contributed by atoms with Gasteiger partial charge in [0.15, 0.2) is 0 Å². The number of aliphatic hydroxyl groups excluding tert-OH is 1. The molecule has 6 nitrogen and oxygen atoms in total. The number of rotatable bonds is 5. The molecule has 2 rings (SSSR count). The van der Waals surface area contributed by atoms with Gasteiger partial charge >= 0.3 is 0 Å². The van der Waals surface area contributed by atoms with Gasteiger partial charge in [0.1, 0.15) is 4.90 Å². The van der Waals surface area contributed by atoms with Crippen LogP contribution in [-0.2, 0) is 10.0 Å². The highest BCUT2D eigenvalue weighted by Crippen LogP contribution is 2.27. The predicted octanol–water partition coefficient (Wildman–Crippen LogP) is 0.906. The van der Waals surface area contributed by atoms with Gasteiger partial charge in [-0.05, 0) is 31.7 Å². The summed E-state index contributed by atoms with van der Waals surface area (Å²) in [6.45, 7) is 3.46. The van der Waals surface area contributed by atoms with Crippen LogP contribution in [0.4, 0.5) is 5.69 Å². The number of nitrogens with zero attached hydrogens (tertiary/aromatic N) is 2. The van der Waals surface area contributed by atoms with Crippen LogP contribution in [0.5, 0.6) is 0 Å². The monoisotopic (exact) mass is 299 g/mol.